The van der Waals surface area contributed by atoms with Gasteiger partial charge in [-0.15, -0.1) is 10.2 Å². The highest BCUT2D eigenvalue weighted by Gasteiger charge is 2.11. The predicted molar refractivity (Wildman–Crippen MR) is 115 cm³/mol. The van der Waals surface area contributed by atoms with Gasteiger partial charge in [-0.2, -0.15) is 5.10 Å². The number of hydrogen-bond donors (Lipinski definition) is 2. The minimum atomic E-state index is -0.233. The second kappa shape index (κ2) is 8.44. The number of para-hydroxylation sites is 1. The van der Waals surface area contributed by atoms with Gasteiger partial charge in [-0.1, -0.05) is 12.1 Å². The van der Waals surface area contributed by atoms with Crippen molar-refractivity contribution in [2.45, 2.75) is 6.92 Å². The number of aromatic nitrogens is 4. The summed E-state index contributed by atoms with van der Waals surface area (Å²) >= 11 is 0. The van der Waals surface area contributed by atoms with Crippen LogP contribution >= 0.6 is 0 Å². The molecule has 0 aliphatic rings. The van der Waals surface area contributed by atoms with Gasteiger partial charge in [0.2, 0.25) is 0 Å². The molecule has 0 aliphatic heterocycles. The summed E-state index contributed by atoms with van der Waals surface area (Å²) in [5.74, 6) is 1.54. The highest BCUT2D eigenvalue weighted by atomic mass is 16.5. The molecule has 1 amide bonds. The van der Waals surface area contributed by atoms with Gasteiger partial charge in [-0.25, -0.2) is 4.68 Å². The number of nitrogens with zero attached hydrogens (tertiary/aromatic N) is 4. The van der Waals surface area contributed by atoms with Crippen LogP contribution in [-0.4, -0.2) is 33.0 Å². The van der Waals surface area contributed by atoms with E-state index in [0.717, 1.165) is 11.4 Å². The minimum Gasteiger partial charge on any atom is -0.496 e. The number of methoxy groups -OCH3 is 1. The van der Waals surface area contributed by atoms with Crippen molar-refractivity contribution in [3.8, 4) is 11.6 Å². The van der Waals surface area contributed by atoms with E-state index in [0.29, 0.717) is 28.6 Å². The molecular formula is C22H20N6O2. The molecule has 4 rings (SSSR count). The van der Waals surface area contributed by atoms with Crippen LogP contribution in [0.15, 0.2) is 72.9 Å². The second-order valence-electron chi connectivity index (χ2n) is 6.54. The van der Waals surface area contributed by atoms with Crippen LogP contribution in [0.2, 0.25) is 0 Å². The summed E-state index contributed by atoms with van der Waals surface area (Å²) in [6.45, 7) is 1.92. The highest BCUT2D eigenvalue weighted by Crippen LogP contribution is 2.21. The van der Waals surface area contributed by atoms with Crippen LogP contribution in [0.3, 0.4) is 0 Å². The molecule has 0 spiro atoms. The van der Waals surface area contributed by atoms with E-state index >= 15 is 0 Å². The van der Waals surface area contributed by atoms with Gasteiger partial charge >= 0.3 is 0 Å². The summed E-state index contributed by atoms with van der Waals surface area (Å²) in [6.07, 6.45) is 1.84. The average Bonchev–Trinajstić information content (AvgIpc) is 3.22. The van der Waals surface area contributed by atoms with Crippen molar-refractivity contribution in [3.05, 3.63) is 84.2 Å². The van der Waals surface area contributed by atoms with Gasteiger partial charge in [0.25, 0.3) is 5.91 Å². The second-order valence-corrected chi connectivity index (χ2v) is 6.54. The molecule has 2 N–H and O–H groups in total. The van der Waals surface area contributed by atoms with E-state index in [1.54, 1.807) is 22.9 Å². The molecular weight excluding hydrogens is 380 g/mol. The zero-order chi connectivity index (χ0) is 20.9. The summed E-state index contributed by atoms with van der Waals surface area (Å²) in [4.78, 5) is 12.5. The van der Waals surface area contributed by atoms with Gasteiger partial charge in [0, 0.05) is 17.6 Å². The van der Waals surface area contributed by atoms with Crippen molar-refractivity contribution in [2.24, 2.45) is 0 Å². The Morgan fingerprint density at radius 1 is 0.933 bits per heavy atom. The lowest BCUT2D eigenvalue weighted by molar-refractivity contribution is 0.102. The SMILES string of the molecule is COc1ccccc1C(=O)Nc1ccc(Nc2ccc(-n3ccc(C)n3)nn2)cc1. The van der Waals surface area contributed by atoms with Crippen LogP contribution in [0.4, 0.5) is 17.2 Å². The van der Waals surface area contributed by atoms with Crippen LogP contribution in [0.1, 0.15) is 16.1 Å². The Morgan fingerprint density at radius 2 is 1.70 bits per heavy atom. The summed E-state index contributed by atoms with van der Waals surface area (Å²) < 4.78 is 6.91. The van der Waals surface area contributed by atoms with Crippen LogP contribution in [0.5, 0.6) is 5.75 Å². The van der Waals surface area contributed by atoms with Crippen molar-refractivity contribution in [3.63, 3.8) is 0 Å². The molecule has 2 aromatic carbocycles. The van der Waals surface area contributed by atoms with Crippen molar-refractivity contribution < 1.29 is 9.53 Å². The van der Waals surface area contributed by atoms with Crippen molar-refractivity contribution in [1.82, 2.24) is 20.0 Å². The Balaban J connectivity index is 1.40. The lowest BCUT2D eigenvalue weighted by Crippen LogP contribution is -2.13. The molecule has 4 aromatic rings. The Bertz CT molecular complexity index is 1150. The van der Waals surface area contributed by atoms with Gasteiger partial charge in [0.05, 0.1) is 18.4 Å². The van der Waals surface area contributed by atoms with E-state index in [-0.39, 0.29) is 5.91 Å². The van der Waals surface area contributed by atoms with Gasteiger partial charge in [0.15, 0.2) is 11.6 Å². The number of benzene rings is 2. The first-order valence-corrected chi connectivity index (χ1v) is 9.30. The third kappa shape index (κ3) is 4.27. The predicted octanol–water partition coefficient (Wildman–Crippen LogP) is 3.98. The number of aryl methyl sites for hydroxylation is 1. The molecule has 0 radical (unpaired) electrons. The largest absolute Gasteiger partial charge is 0.496 e. The molecule has 8 heteroatoms. The number of rotatable bonds is 6. The molecule has 30 heavy (non-hydrogen) atoms. The molecule has 0 bridgehead atoms. The van der Waals surface area contributed by atoms with Gasteiger partial charge in [-0.3, -0.25) is 4.79 Å². The molecule has 0 unspecified atom stereocenters. The van der Waals surface area contributed by atoms with Gasteiger partial charge in [-0.05, 0) is 61.5 Å². The van der Waals surface area contributed by atoms with E-state index in [2.05, 4.69) is 25.9 Å². The lowest BCUT2D eigenvalue weighted by Gasteiger charge is -2.10. The summed E-state index contributed by atoms with van der Waals surface area (Å²) in [6, 6.07) is 20.0. The summed E-state index contributed by atoms with van der Waals surface area (Å²) in [5, 5.41) is 18.7. The fraction of sp³-hybridized carbons (Fsp3) is 0.0909. The van der Waals surface area contributed by atoms with Crippen LogP contribution < -0.4 is 15.4 Å². The highest BCUT2D eigenvalue weighted by molar-refractivity contribution is 6.06. The third-order valence-corrected chi connectivity index (χ3v) is 4.37. The topological polar surface area (TPSA) is 94.0 Å². The molecule has 0 aliphatic carbocycles. The standard InChI is InChI=1S/C22H20N6O2/c1-15-13-14-28(27-15)21-12-11-20(25-26-21)23-16-7-9-17(10-8-16)24-22(29)18-5-3-4-6-19(18)30-2/h3-14H,1-2H3,(H,23,25)(H,24,29). The first-order chi connectivity index (χ1) is 14.6. The maximum Gasteiger partial charge on any atom is 0.259 e. The van der Waals surface area contributed by atoms with Crippen molar-refractivity contribution >= 4 is 23.1 Å². The molecule has 0 atom stereocenters. The van der Waals surface area contributed by atoms with E-state index in [9.17, 15) is 4.79 Å². The van der Waals surface area contributed by atoms with Crippen LogP contribution in [-0.2, 0) is 0 Å². The molecule has 0 saturated heterocycles. The molecule has 2 heterocycles. The number of amides is 1. The summed E-state index contributed by atoms with van der Waals surface area (Å²) in [5.41, 5.74) is 2.89. The first kappa shape index (κ1) is 19.1. The maximum atomic E-state index is 12.5. The first-order valence-electron chi connectivity index (χ1n) is 9.30. The molecule has 8 nitrogen and oxygen atoms in total. The average molecular weight is 400 g/mol. The normalized spacial score (nSPS) is 10.5. The van der Waals surface area contributed by atoms with Gasteiger partial charge < -0.3 is 15.4 Å². The Hall–Kier alpha value is -4.20. The fourth-order valence-corrected chi connectivity index (χ4v) is 2.87. The number of anilines is 3. The number of ether oxygens (including phenoxy) is 1. The number of carbonyl (C=O) groups excluding carboxylic acids is 1. The van der Waals surface area contributed by atoms with Gasteiger partial charge in [0.1, 0.15) is 5.75 Å². The van der Waals surface area contributed by atoms with E-state index in [4.69, 9.17) is 4.74 Å². The van der Waals surface area contributed by atoms with E-state index in [1.165, 1.54) is 7.11 Å². The molecule has 0 fully saturated rings. The number of nitrogens with one attached hydrogen (secondary N) is 2. The van der Waals surface area contributed by atoms with Crippen molar-refractivity contribution in [1.29, 1.82) is 0 Å². The fourth-order valence-electron chi connectivity index (χ4n) is 2.87. The zero-order valence-electron chi connectivity index (χ0n) is 16.5. The number of carbonyl (C=O) groups is 1. The Morgan fingerprint density at radius 3 is 2.37 bits per heavy atom. The Kier molecular flexibility index (Phi) is 5.38. The van der Waals surface area contributed by atoms with Crippen LogP contribution in [0, 0.1) is 6.92 Å². The smallest absolute Gasteiger partial charge is 0.259 e. The Labute approximate surface area is 173 Å². The summed E-state index contributed by atoms with van der Waals surface area (Å²) in [7, 11) is 1.54. The van der Waals surface area contributed by atoms with Crippen molar-refractivity contribution in [2.75, 3.05) is 17.7 Å². The lowest BCUT2D eigenvalue weighted by atomic mass is 10.2. The monoisotopic (exact) mass is 400 g/mol. The van der Waals surface area contributed by atoms with E-state index in [1.807, 2.05) is 61.7 Å². The number of hydrogen-bond acceptors (Lipinski definition) is 6. The van der Waals surface area contributed by atoms with E-state index < -0.39 is 0 Å². The minimum absolute atomic E-state index is 0.233. The quantitative estimate of drug-likeness (QED) is 0.509. The molecule has 150 valence electrons. The third-order valence-electron chi connectivity index (χ3n) is 4.37. The maximum absolute atomic E-state index is 12.5. The molecule has 0 saturated carbocycles. The van der Waals surface area contributed by atoms with Crippen LogP contribution in [0.25, 0.3) is 5.82 Å². The molecule has 2 aromatic heterocycles. The zero-order valence-corrected chi connectivity index (χ0v) is 16.5.